The van der Waals surface area contributed by atoms with Crippen molar-refractivity contribution >= 4 is 38.5 Å². The van der Waals surface area contributed by atoms with Gasteiger partial charge in [-0.2, -0.15) is 0 Å². The van der Waals surface area contributed by atoms with Crippen molar-refractivity contribution in [2.45, 2.75) is 13.5 Å². The SMILES string of the molecule is Cc1ccc(CN2c3ccsc3C(=O)/C(=C/Nc3cccc(F)c3)S2(=O)=O)cc1. The maximum Gasteiger partial charge on any atom is 0.270 e. The van der Waals surface area contributed by atoms with E-state index < -0.39 is 21.6 Å². The van der Waals surface area contributed by atoms with Gasteiger partial charge in [-0.15, -0.1) is 11.3 Å². The van der Waals surface area contributed by atoms with Gasteiger partial charge in [0.1, 0.15) is 10.7 Å². The Balaban J connectivity index is 1.74. The summed E-state index contributed by atoms with van der Waals surface area (Å²) in [5.74, 6) is -1.04. The second-order valence-corrected chi connectivity index (χ2v) is 9.37. The third-order valence-corrected chi connectivity index (χ3v) is 7.22. The number of carbonyl (C=O) groups is 1. The molecular weight excluding hydrogens is 411 g/mol. The van der Waals surface area contributed by atoms with Crippen LogP contribution in [0.4, 0.5) is 15.8 Å². The number of rotatable bonds is 4. The predicted octanol–water partition coefficient (Wildman–Crippen LogP) is 4.68. The molecule has 0 spiro atoms. The lowest BCUT2D eigenvalue weighted by Gasteiger charge is -2.29. The van der Waals surface area contributed by atoms with Crippen molar-refractivity contribution < 1.29 is 17.6 Å². The molecule has 1 aromatic heterocycles. The van der Waals surface area contributed by atoms with Crippen LogP contribution in [-0.2, 0) is 16.6 Å². The molecule has 8 heteroatoms. The number of allylic oxidation sites excluding steroid dienone is 1. The van der Waals surface area contributed by atoms with Crippen molar-refractivity contribution in [3.8, 4) is 0 Å². The minimum atomic E-state index is -4.09. The number of ketones is 1. The summed E-state index contributed by atoms with van der Waals surface area (Å²) in [7, 11) is -4.09. The average Bonchev–Trinajstić information content (AvgIpc) is 3.16. The zero-order chi connectivity index (χ0) is 20.6. The summed E-state index contributed by atoms with van der Waals surface area (Å²) >= 11 is 1.19. The third-order valence-electron chi connectivity index (χ3n) is 4.55. The molecule has 0 unspecified atom stereocenters. The second-order valence-electron chi connectivity index (χ2n) is 6.62. The number of thiophene rings is 1. The molecule has 0 bridgehead atoms. The first kappa shape index (κ1) is 19.4. The van der Waals surface area contributed by atoms with Crippen molar-refractivity contribution in [1.82, 2.24) is 0 Å². The molecule has 29 heavy (non-hydrogen) atoms. The largest absolute Gasteiger partial charge is 0.360 e. The Morgan fingerprint density at radius 3 is 2.62 bits per heavy atom. The second kappa shape index (κ2) is 7.46. The highest BCUT2D eigenvalue weighted by Crippen LogP contribution is 2.39. The normalized spacial score (nSPS) is 16.7. The molecule has 0 saturated carbocycles. The number of carbonyl (C=O) groups excluding carboxylic acids is 1. The summed E-state index contributed by atoms with van der Waals surface area (Å²) in [5.41, 5.74) is 2.61. The lowest BCUT2D eigenvalue weighted by atomic mass is 10.1. The highest BCUT2D eigenvalue weighted by atomic mass is 32.2. The predicted molar refractivity (Wildman–Crippen MR) is 113 cm³/mol. The minimum Gasteiger partial charge on any atom is -0.360 e. The van der Waals surface area contributed by atoms with E-state index in [9.17, 15) is 17.6 Å². The van der Waals surface area contributed by atoms with Gasteiger partial charge in [-0.25, -0.2) is 12.8 Å². The number of halogens is 1. The van der Waals surface area contributed by atoms with Gasteiger partial charge in [0.05, 0.1) is 12.2 Å². The molecule has 0 fully saturated rings. The lowest BCUT2D eigenvalue weighted by molar-refractivity contribution is 0.104. The Labute approximate surface area is 172 Å². The number of hydrogen-bond acceptors (Lipinski definition) is 5. The number of sulfonamides is 1. The van der Waals surface area contributed by atoms with Crippen molar-refractivity contribution in [2.24, 2.45) is 0 Å². The molecule has 0 radical (unpaired) electrons. The van der Waals surface area contributed by atoms with Crippen LogP contribution in [0.3, 0.4) is 0 Å². The highest BCUT2D eigenvalue weighted by Gasteiger charge is 2.41. The smallest absolute Gasteiger partial charge is 0.270 e. The van der Waals surface area contributed by atoms with Gasteiger partial charge in [0.15, 0.2) is 4.91 Å². The molecule has 5 nitrogen and oxygen atoms in total. The Morgan fingerprint density at radius 2 is 1.90 bits per heavy atom. The van der Waals surface area contributed by atoms with Crippen LogP contribution in [0.25, 0.3) is 0 Å². The van der Waals surface area contributed by atoms with E-state index >= 15 is 0 Å². The molecule has 0 aliphatic carbocycles. The topological polar surface area (TPSA) is 66.5 Å². The molecule has 0 amide bonds. The summed E-state index contributed by atoms with van der Waals surface area (Å²) in [4.78, 5) is 12.8. The zero-order valence-corrected chi connectivity index (χ0v) is 17.1. The molecule has 0 saturated heterocycles. The van der Waals surface area contributed by atoms with Gasteiger partial charge < -0.3 is 5.32 Å². The molecular formula is C21H17FN2O3S2. The van der Waals surface area contributed by atoms with E-state index in [2.05, 4.69) is 5.32 Å². The molecule has 148 valence electrons. The van der Waals surface area contributed by atoms with Crippen LogP contribution in [0.2, 0.25) is 0 Å². The number of nitrogens with zero attached hydrogens (tertiary/aromatic N) is 1. The van der Waals surface area contributed by atoms with Crippen LogP contribution in [0, 0.1) is 12.7 Å². The van der Waals surface area contributed by atoms with Crippen molar-refractivity contribution in [2.75, 3.05) is 9.62 Å². The van der Waals surface area contributed by atoms with Crippen LogP contribution < -0.4 is 9.62 Å². The molecule has 4 rings (SSSR count). The fraction of sp³-hybridized carbons (Fsp3) is 0.0952. The first-order chi connectivity index (χ1) is 13.9. The molecule has 0 atom stereocenters. The van der Waals surface area contributed by atoms with Crippen molar-refractivity contribution in [3.05, 3.63) is 92.9 Å². The quantitative estimate of drug-likeness (QED) is 0.613. The Bertz CT molecular complexity index is 1210. The first-order valence-electron chi connectivity index (χ1n) is 8.79. The van der Waals surface area contributed by atoms with Gasteiger partial charge in [0.25, 0.3) is 10.0 Å². The number of benzene rings is 2. The summed E-state index contributed by atoms with van der Waals surface area (Å²) < 4.78 is 41.2. The minimum absolute atomic E-state index is 0.108. The monoisotopic (exact) mass is 428 g/mol. The Morgan fingerprint density at radius 1 is 1.14 bits per heavy atom. The maximum absolute atomic E-state index is 13.4. The van der Waals surface area contributed by atoms with Crippen LogP contribution >= 0.6 is 11.3 Å². The van der Waals surface area contributed by atoms with Gasteiger partial charge in [0.2, 0.25) is 5.78 Å². The average molecular weight is 429 g/mol. The highest BCUT2D eigenvalue weighted by molar-refractivity contribution is 7.97. The number of aryl methyl sites for hydroxylation is 1. The molecule has 2 heterocycles. The third kappa shape index (κ3) is 3.68. The molecule has 1 aliphatic heterocycles. The van der Waals surface area contributed by atoms with Crippen LogP contribution in [0.15, 0.2) is 71.1 Å². The lowest BCUT2D eigenvalue weighted by Crippen LogP contribution is -2.38. The van der Waals surface area contributed by atoms with Gasteiger partial charge in [-0.1, -0.05) is 35.9 Å². The van der Waals surface area contributed by atoms with E-state index in [1.807, 2.05) is 31.2 Å². The van der Waals surface area contributed by atoms with Crippen LogP contribution in [-0.4, -0.2) is 14.2 Å². The van der Waals surface area contributed by atoms with Gasteiger partial charge in [-0.3, -0.25) is 9.10 Å². The number of Topliss-reactive ketones (excluding diaryl/α,β-unsaturated/α-hetero) is 1. The zero-order valence-electron chi connectivity index (χ0n) is 15.4. The van der Waals surface area contributed by atoms with E-state index in [1.165, 1.54) is 33.8 Å². The van der Waals surface area contributed by atoms with E-state index in [1.54, 1.807) is 17.5 Å². The van der Waals surface area contributed by atoms with Crippen molar-refractivity contribution in [3.63, 3.8) is 0 Å². The summed E-state index contributed by atoms with van der Waals surface area (Å²) in [6.45, 7) is 2.06. The van der Waals surface area contributed by atoms with Gasteiger partial charge in [0, 0.05) is 11.9 Å². The van der Waals surface area contributed by atoms with E-state index in [0.29, 0.717) is 16.3 Å². The Hall–Kier alpha value is -2.97. The van der Waals surface area contributed by atoms with Gasteiger partial charge in [-0.05, 0) is 42.1 Å². The molecule has 1 N–H and O–H groups in total. The fourth-order valence-electron chi connectivity index (χ4n) is 3.04. The molecule has 2 aromatic carbocycles. The fourth-order valence-corrected chi connectivity index (χ4v) is 5.53. The van der Waals surface area contributed by atoms with E-state index in [0.717, 1.165) is 17.3 Å². The van der Waals surface area contributed by atoms with Gasteiger partial charge >= 0.3 is 0 Å². The number of anilines is 2. The Kier molecular flexibility index (Phi) is 4.97. The van der Waals surface area contributed by atoms with Crippen molar-refractivity contribution in [1.29, 1.82) is 0 Å². The standard InChI is InChI=1S/C21H17FN2O3S2/c1-14-5-7-15(8-6-14)13-24-18-9-10-28-21(18)20(25)19(29(24,26)27)12-23-17-4-2-3-16(22)11-17/h2-12,23H,13H2,1H3/b19-12-. The molecule has 1 aliphatic rings. The summed E-state index contributed by atoms with van der Waals surface area (Å²) in [5, 5.41) is 4.43. The van der Waals surface area contributed by atoms with E-state index in [-0.39, 0.29) is 11.4 Å². The van der Waals surface area contributed by atoms with Crippen LogP contribution in [0.1, 0.15) is 20.8 Å². The maximum atomic E-state index is 13.4. The number of fused-ring (bicyclic) bond motifs is 1. The van der Waals surface area contributed by atoms with E-state index in [4.69, 9.17) is 0 Å². The summed E-state index contributed by atoms with van der Waals surface area (Å²) in [6, 6.07) is 14.8. The summed E-state index contributed by atoms with van der Waals surface area (Å²) in [6.07, 6.45) is 1.14. The number of hydrogen-bond donors (Lipinski definition) is 1. The number of nitrogens with one attached hydrogen (secondary N) is 1. The van der Waals surface area contributed by atoms with Crippen LogP contribution in [0.5, 0.6) is 0 Å². The molecule has 3 aromatic rings. The first-order valence-corrected chi connectivity index (χ1v) is 11.1.